The molecule has 1 aliphatic rings. The molecule has 1 aromatic rings. The minimum absolute atomic E-state index is 0.0809. The Labute approximate surface area is 112 Å². The Bertz CT molecular complexity index is 420. The van der Waals surface area contributed by atoms with Crippen LogP contribution >= 0.6 is 11.3 Å². The summed E-state index contributed by atoms with van der Waals surface area (Å²) in [5.74, 6) is 0.113. The van der Waals surface area contributed by atoms with Crippen molar-refractivity contribution < 1.29 is 4.79 Å². The highest BCUT2D eigenvalue weighted by molar-refractivity contribution is 7.15. The van der Waals surface area contributed by atoms with Gasteiger partial charge in [-0.25, -0.2) is 4.98 Å². The van der Waals surface area contributed by atoms with E-state index in [0.717, 1.165) is 18.1 Å². The molecule has 2 N–H and O–H groups in total. The van der Waals surface area contributed by atoms with Crippen LogP contribution in [0.3, 0.4) is 0 Å². The fourth-order valence-electron chi connectivity index (χ4n) is 2.10. The molecule has 0 spiro atoms. The molecule has 1 amide bonds. The van der Waals surface area contributed by atoms with E-state index in [1.54, 1.807) is 11.3 Å². The summed E-state index contributed by atoms with van der Waals surface area (Å²) >= 11 is 1.67. The van der Waals surface area contributed by atoms with Gasteiger partial charge in [-0.05, 0) is 20.4 Å². The fourth-order valence-corrected chi connectivity index (χ4v) is 3.15. The number of thiazole rings is 1. The highest BCUT2D eigenvalue weighted by Crippen LogP contribution is 2.29. The van der Waals surface area contributed by atoms with Crippen molar-refractivity contribution in [2.24, 2.45) is 0 Å². The maximum atomic E-state index is 11.8. The van der Waals surface area contributed by atoms with E-state index in [0.29, 0.717) is 12.6 Å². The van der Waals surface area contributed by atoms with Crippen molar-refractivity contribution in [1.82, 2.24) is 15.6 Å². The lowest BCUT2D eigenvalue weighted by molar-refractivity contribution is -0.123. The summed E-state index contributed by atoms with van der Waals surface area (Å²) in [4.78, 5) is 19.6. The molecule has 6 heteroatoms. The van der Waals surface area contributed by atoms with E-state index in [4.69, 9.17) is 0 Å². The van der Waals surface area contributed by atoms with Gasteiger partial charge in [-0.15, -0.1) is 11.3 Å². The molecule has 2 heterocycles. The molecule has 1 aliphatic heterocycles. The summed E-state index contributed by atoms with van der Waals surface area (Å²) in [6.07, 6.45) is 2.71. The average molecular weight is 268 g/mol. The summed E-state index contributed by atoms with van der Waals surface area (Å²) in [6.45, 7) is 5.68. The lowest BCUT2D eigenvalue weighted by Crippen LogP contribution is -2.55. The van der Waals surface area contributed by atoms with E-state index in [2.05, 4.69) is 27.4 Å². The Balaban J connectivity index is 2.19. The zero-order valence-electron chi connectivity index (χ0n) is 11.1. The Morgan fingerprint density at radius 3 is 3.17 bits per heavy atom. The van der Waals surface area contributed by atoms with Crippen molar-refractivity contribution in [3.63, 3.8) is 0 Å². The van der Waals surface area contributed by atoms with E-state index in [-0.39, 0.29) is 11.9 Å². The van der Waals surface area contributed by atoms with Crippen LogP contribution < -0.4 is 15.5 Å². The number of hydrogen-bond donors (Lipinski definition) is 2. The van der Waals surface area contributed by atoms with E-state index in [9.17, 15) is 4.79 Å². The monoisotopic (exact) mass is 268 g/mol. The van der Waals surface area contributed by atoms with Gasteiger partial charge in [-0.2, -0.15) is 0 Å². The summed E-state index contributed by atoms with van der Waals surface area (Å²) in [5.41, 5.74) is 0. The van der Waals surface area contributed by atoms with Crippen LogP contribution in [0.2, 0.25) is 0 Å². The molecule has 0 aromatic carbocycles. The number of piperazine rings is 1. The SMILES string of the molecule is CCC1C(=O)NCCN1c1ncc(C(C)NC)s1. The molecule has 1 saturated heterocycles. The molecule has 1 fully saturated rings. The van der Waals surface area contributed by atoms with Gasteiger partial charge in [0.1, 0.15) is 6.04 Å². The van der Waals surface area contributed by atoms with Crippen LogP contribution in [0.4, 0.5) is 5.13 Å². The highest BCUT2D eigenvalue weighted by Gasteiger charge is 2.30. The second-order valence-corrected chi connectivity index (χ2v) is 5.50. The number of carbonyl (C=O) groups excluding carboxylic acids is 1. The molecule has 0 saturated carbocycles. The third-order valence-electron chi connectivity index (χ3n) is 3.33. The first-order valence-corrected chi connectivity index (χ1v) is 7.16. The topological polar surface area (TPSA) is 57.3 Å². The maximum absolute atomic E-state index is 11.8. The van der Waals surface area contributed by atoms with Crippen LogP contribution in [-0.4, -0.2) is 37.1 Å². The average Bonchev–Trinajstić information content (AvgIpc) is 2.87. The third-order valence-corrected chi connectivity index (χ3v) is 4.55. The third kappa shape index (κ3) is 2.49. The summed E-state index contributed by atoms with van der Waals surface area (Å²) in [6, 6.07) is 0.220. The number of rotatable bonds is 4. The van der Waals surface area contributed by atoms with Crippen molar-refractivity contribution in [2.75, 3.05) is 25.0 Å². The minimum atomic E-state index is -0.0809. The highest BCUT2D eigenvalue weighted by atomic mass is 32.1. The normalized spacial score (nSPS) is 21.8. The molecular formula is C12H20N4OS. The fraction of sp³-hybridized carbons (Fsp3) is 0.667. The van der Waals surface area contributed by atoms with Gasteiger partial charge in [-0.3, -0.25) is 4.79 Å². The first-order valence-electron chi connectivity index (χ1n) is 6.34. The Hall–Kier alpha value is -1.14. The molecular weight excluding hydrogens is 248 g/mol. The summed E-state index contributed by atoms with van der Waals surface area (Å²) in [5, 5.41) is 7.06. The van der Waals surface area contributed by atoms with Crippen molar-refractivity contribution in [1.29, 1.82) is 0 Å². The lowest BCUT2D eigenvalue weighted by Gasteiger charge is -2.34. The first-order chi connectivity index (χ1) is 8.67. The molecule has 2 atom stereocenters. The quantitative estimate of drug-likeness (QED) is 0.860. The molecule has 5 nitrogen and oxygen atoms in total. The van der Waals surface area contributed by atoms with Crippen LogP contribution in [0.1, 0.15) is 31.2 Å². The zero-order chi connectivity index (χ0) is 13.1. The van der Waals surface area contributed by atoms with E-state index < -0.39 is 0 Å². The van der Waals surface area contributed by atoms with Gasteiger partial charge in [0.2, 0.25) is 5.91 Å². The largest absolute Gasteiger partial charge is 0.353 e. The number of nitrogens with zero attached hydrogens (tertiary/aromatic N) is 2. The van der Waals surface area contributed by atoms with Crippen LogP contribution in [-0.2, 0) is 4.79 Å². The van der Waals surface area contributed by atoms with Gasteiger partial charge in [0.05, 0.1) is 0 Å². The van der Waals surface area contributed by atoms with Gasteiger partial charge in [0.15, 0.2) is 5.13 Å². The van der Waals surface area contributed by atoms with Crippen LogP contribution in [0.25, 0.3) is 0 Å². The van der Waals surface area contributed by atoms with Gasteiger partial charge < -0.3 is 15.5 Å². The number of nitrogens with one attached hydrogen (secondary N) is 2. The van der Waals surface area contributed by atoms with E-state index in [1.807, 2.05) is 20.2 Å². The molecule has 0 bridgehead atoms. The molecule has 0 radical (unpaired) electrons. The van der Waals surface area contributed by atoms with Crippen molar-refractivity contribution >= 4 is 22.4 Å². The zero-order valence-corrected chi connectivity index (χ0v) is 11.9. The van der Waals surface area contributed by atoms with Gasteiger partial charge in [0, 0.05) is 30.2 Å². The molecule has 100 valence electrons. The van der Waals surface area contributed by atoms with Gasteiger partial charge in [-0.1, -0.05) is 6.92 Å². The van der Waals surface area contributed by atoms with E-state index in [1.165, 1.54) is 4.88 Å². The minimum Gasteiger partial charge on any atom is -0.353 e. The maximum Gasteiger partial charge on any atom is 0.242 e. The van der Waals surface area contributed by atoms with Gasteiger partial charge in [0.25, 0.3) is 0 Å². The van der Waals surface area contributed by atoms with Crippen LogP contribution in [0.5, 0.6) is 0 Å². The van der Waals surface area contributed by atoms with Crippen molar-refractivity contribution in [3.8, 4) is 0 Å². The number of carbonyl (C=O) groups is 1. The summed E-state index contributed by atoms with van der Waals surface area (Å²) in [7, 11) is 1.94. The van der Waals surface area contributed by atoms with Gasteiger partial charge >= 0.3 is 0 Å². The molecule has 1 aromatic heterocycles. The van der Waals surface area contributed by atoms with Crippen molar-refractivity contribution in [2.45, 2.75) is 32.4 Å². The van der Waals surface area contributed by atoms with Crippen LogP contribution in [0, 0.1) is 0 Å². The Morgan fingerprint density at radius 2 is 2.50 bits per heavy atom. The first kappa shape index (κ1) is 13.3. The second-order valence-electron chi connectivity index (χ2n) is 4.46. The summed E-state index contributed by atoms with van der Waals surface area (Å²) < 4.78 is 0. The molecule has 2 unspecified atom stereocenters. The predicted molar refractivity (Wildman–Crippen MR) is 74.0 cm³/mol. The van der Waals surface area contributed by atoms with E-state index >= 15 is 0 Å². The predicted octanol–water partition coefficient (Wildman–Crippen LogP) is 1.14. The number of anilines is 1. The number of hydrogen-bond acceptors (Lipinski definition) is 5. The molecule has 18 heavy (non-hydrogen) atoms. The lowest BCUT2D eigenvalue weighted by atomic mass is 10.1. The molecule has 0 aliphatic carbocycles. The second kappa shape index (κ2) is 5.67. The number of amides is 1. The van der Waals surface area contributed by atoms with Crippen LogP contribution in [0.15, 0.2) is 6.20 Å². The van der Waals surface area contributed by atoms with Crippen molar-refractivity contribution in [3.05, 3.63) is 11.1 Å². The molecule has 2 rings (SSSR count). The Kier molecular flexibility index (Phi) is 4.19. The standard InChI is InChI=1S/C12H20N4OS/c1-4-9-11(17)14-5-6-16(9)12-15-7-10(18-12)8(2)13-3/h7-9,13H,4-6H2,1-3H3,(H,14,17). The Morgan fingerprint density at radius 1 is 1.72 bits per heavy atom. The smallest absolute Gasteiger partial charge is 0.242 e. The number of aromatic nitrogens is 1.